The lowest BCUT2D eigenvalue weighted by molar-refractivity contribution is -0.123. The lowest BCUT2D eigenvalue weighted by atomic mass is 10.1. The van der Waals surface area contributed by atoms with Crippen molar-refractivity contribution in [3.05, 3.63) is 63.8 Å². The van der Waals surface area contributed by atoms with Gasteiger partial charge >= 0.3 is 6.03 Å². The highest BCUT2D eigenvalue weighted by molar-refractivity contribution is 9.10. The summed E-state index contributed by atoms with van der Waals surface area (Å²) in [6.45, 7) is 0.215. The van der Waals surface area contributed by atoms with Gasteiger partial charge in [-0.25, -0.2) is 4.79 Å². The maximum atomic E-state index is 12.6. The molecule has 134 valence electrons. The Morgan fingerprint density at radius 1 is 1.08 bits per heavy atom. The molecule has 3 amide bonds. The zero-order valence-corrected chi connectivity index (χ0v) is 15.9. The summed E-state index contributed by atoms with van der Waals surface area (Å²) in [6.07, 6.45) is 1.59. The second-order valence-corrected chi connectivity index (χ2v) is 6.45. The molecule has 1 fully saturated rings. The Morgan fingerprint density at radius 2 is 1.77 bits per heavy atom. The molecule has 1 heterocycles. The number of halogens is 1. The number of imide groups is 1. The van der Waals surface area contributed by atoms with Crippen molar-refractivity contribution in [2.24, 2.45) is 0 Å². The van der Waals surface area contributed by atoms with Crippen LogP contribution in [0.15, 0.2) is 52.6 Å². The van der Waals surface area contributed by atoms with E-state index < -0.39 is 6.03 Å². The molecule has 0 radical (unpaired) electrons. The second kappa shape index (κ2) is 7.61. The topological polar surface area (TPSA) is 67.9 Å². The lowest BCUT2D eigenvalue weighted by Crippen LogP contribution is -2.30. The number of benzene rings is 2. The minimum atomic E-state index is -0.448. The zero-order chi connectivity index (χ0) is 18.7. The normalized spacial score (nSPS) is 15.3. The van der Waals surface area contributed by atoms with Crippen LogP contribution in [0.25, 0.3) is 6.08 Å². The van der Waals surface area contributed by atoms with Crippen molar-refractivity contribution in [2.45, 2.75) is 6.54 Å². The van der Waals surface area contributed by atoms with Crippen LogP contribution in [-0.4, -0.2) is 31.1 Å². The molecule has 1 N–H and O–H groups in total. The van der Waals surface area contributed by atoms with Crippen molar-refractivity contribution in [1.29, 1.82) is 0 Å². The average Bonchev–Trinajstić information content (AvgIpc) is 2.90. The number of hydrogen-bond donors (Lipinski definition) is 1. The first kappa shape index (κ1) is 18.0. The number of nitrogens with one attached hydrogen (secondary N) is 1. The second-order valence-electron chi connectivity index (χ2n) is 5.59. The molecule has 1 aliphatic rings. The molecule has 2 aromatic rings. The van der Waals surface area contributed by atoms with E-state index in [9.17, 15) is 9.59 Å². The number of methoxy groups -OCH3 is 2. The number of carbonyl (C=O) groups is 2. The predicted octanol–water partition coefficient (Wildman–Crippen LogP) is 3.56. The predicted molar refractivity (Wildman–Crippen MR) is 101 cm³/mol. The highest BCUT2D eigenvalue weighted by atomic mass is 79.9. The molecule has 3 rings (SSSR count). The molecule has 6 nitrogen and oxygen atoms in total. The highest BCUT2D eigenvalue weighted by Crippen LogP contribution is 2.34. The first-order chi connectivity index (χ1) is 12.5. The quantitative estimate of drug-likeness (QED) is 0.597. The largest absolute Gasteiger partial charge is 0.496 e. The third-order valence-electron chi connectivity index (χ3n) is 3.95. The summed E-state index contributed by atoms with van der Waals surface area (Å²) >= 11 is 3.41. The molecule has 0 atom stereocenters. The fourth-order valence-electron chi connectivity index (χ4n) is 2.63. The van der Waals surface area contributed by atoms with Gasteiger partial charge < -0.3 is 14.8 Å². The van der Waals surface area contributed by atoms with Gasteiger partial charge in [0.05, 0.1) is 25.2 Å². The number of urea groups is 1. The van der Waals surface area contributed by atoms with Crippen LogP contribution in [0, 0.1) is 0 Å². The third-order valence-corrected chi connectivity index (χ3v) is 4.57. The summed E-state index contributed by atoms with van der Waals surface area (Å²) in [6, 6.07) is 12.4. The van der Waals surface area contributed by atoms with Crippen LogP contribution in [0.2, 0.25) is 0 Å². The first-order valence-electron chi connectivity index (χ1n) is 7.83. The lowest BCUT2D eigenvalue weighted by Gasteiger charge is -2.11. The molecule has 0 bridgehead atoms. The molecule has 0 aromatic heterocycles. The van der Waals surface area contributed by atoms with Gasteiger partial charge in [-0.3, -0.25) is 9.69 Å². The van der Waals surface area contributed by atoms with Crippen LogP contribution in [0.5, 0.6) is 11.5 Å². The van der Waals surface area contributed by atoms with E-state index in [1.807, 2.05) is 30.3 Å². The molecule has 1 aliphatic heterocycles. The molecule has 0 spiro atoms. The summed E-state index contributed by atoms with van der Waals surface area (Å²) in [5.74, 6) is 0.755. The standard InChI is InChI=1S/C19H17BrN2O4/c1-25-16-10-17(26-2)14(20)8-13(16)9-15-18(23)22(19(24)21-15)11-12-6-4-3-5-7-12/h3-10H,11H2,1-2H3,(H,21,24)/b15-9+. The molecular formula is C19H17BrN2O4. The maximum Gasteiger partial charge on any atom is 0.329 e. The molecule has 0 aliphatic carbocycles. The van der Waals surface area contributed by atoms with Gasteiger partial charge in [-0.1, -0.05) is 30.3 Å². The molecule has 2 aromatic carbocycles. The summed E-state index contributed by atoms with van der Waals surface area (Å²) in [4.78, 5) is 26.0. The van der Waals surface area contributed by atoms with Crippen molar-refractivity contribution in [3.63, 3.8) is 0 Å². The van der Waals surface area contributed by atoms with Crippen molar-refractivity contribution in [3.8, 4) is 11.5 Å². The smallest absolute Gasteiger partial charge is 0.329 e. The maximum absolute atomic E-state index is 12.6. The third kappa shape index (κ3) is 3.57. The SMILES string of the molecule is COc1cc(OC)c(/C=C2/NC(=O)N(Cc3ccccc3)C2=O)cc1Br. The van der Waals surface area contributed by atoms with Crippen LogP contribution < -0.4 is 14.8 Å². The summed E-state index contributed by atoms with van der Waals surface area (Å²) < 4.78 is 11.3. The molecule has 0 unspecified atom stereocenters. The fourth-order valence-corrected chi connectivity index (χ4v) is 3.16. The van der Waals surface area contributed by atoms with E-state index in [0.717, 1.165) is 5.56 Å². The van der Waals surface area contributed by atoms with E-state index in [2.05, 4.69) is 21.2 Å². The summed E-state index contributed by atoms with van der Waals surface area (Å²) in [7, 11) is 3.08. The van der Waals surface area contributed by atoms with Crippen molar-refractivity contribution < 1.29 is 19.1 Å². The Balaban J connectivity index is 1.89. The van der Waals surface area contributed by atoms with Gasteiger partial charge in [-0.05, 0) is 33.6 Å². The van der Waals surface area contributed by atoms with E-state index in [0.29, 0.717) is 21.5 Å². The van der Waals surface area contributed by atoms with Crippen LogP contribution in [-0.2, 0) is 11.3 Å². The van der Waals surface area contributed by atoms with E-state index >= 15 is 0 Å². The molecule has 26 heavy (non-hydrogen) atoms. The number of ether oxygens (including phenoxy) is 2. The van der Waals surface area contributed by atoms with Gasteiger partial charge in [0.25, 0.3) is 5.91 Å². The number of hydrogen-bond acceptors (Lipinski definition) is 4. The first-order valence-corrected chi connectivity index (χ1v) is 8.62. The number of nitrogens with zero attached hydrogens (tertiary/aromatic N) is 1. The Labute approximate surface area is 159 Å². The van der Waals surface area contributed by atoms with Gasteiger partial charge in [0.15, 0.2) is 0 Å². The number of carbonyl (C=O) groups excluding carboxylic acids is 2. The molecular weight excluding hydrogens is 400 g/mol. The van der Waals surface area contributed by atoms with Gasteiger partial charge in [-0.15, -0.1) is 0 Å². The Morgan fingerprint density at radius 3 is 2.42 bits per heavy atom. The summed E-state index contributed by atoms with van der Waals surface area (Å²) in [5.41, 5.74) is 1.72. The molecule has 7 heteroatoms. The highest BCUT2D eigenvalue weighted by Gasteiger charge is 2.33. The van der Waals surface area contributed by atoms with Crippen LogP contribution in [0.3, 0.4) is 0 Å². The Bertz CT molecular complexity index is 881. The Kier molecular flexibility index (Phi) is 5.27. The van der Waals surface area contributed by atoms with E-state index in [-0.39, 0.29) is 18.1 Å². The van der Waals surface area contributed by atoms with Crippen molar-refractivity contribution in [2.75, 3.05) is 14.2 Å². The minimum absolute atomic E-state index is 0.196. The fraction of sp³-hybridized carbons (Fsp3) is 0.158. The number of rotatable bonds is 5. The van der Waals surface area contributed by atoms with Crippen LogP contribution in [0.1, 0.15) is 11.1 Å². The van der Waals surface area contributed by atoms with E-state index in [4.69, 9.17) is 9.47 Å². The van der Waals surface area contributed by atoms with Gasteiger partial charge in [0.2, 0.25) is 0 Å². The minimum Gasteiger partial charge on any atom is -0.496 e. The van der Waals surface area contributed by atoms with Gasteiger partial charge in [-0.2, -0.15) is 0 Å². The number of amides is 3. The summed E-state index contributed by atoms with van der Waals surface area (Å²) in [5, 5.41) is 2.62. The van der Waals surface area contributed by atoms with Gasteiger partial charge in [0, 0.05) is 11.6 Å². The van der Waals surface area contributed by atoms with Crippen LogP contribution in [0.4, 0.5) is 4.79 Å². The van der Waals surface area contributed by atoms with Crippen molar-refractivity contribution >= 4 is 33.9 Å². The monoisotopic (exact) mass is 416 g/mol. The van der Waals surface area contributed by atoms with Gasteiger partial charge in [0.1, 0.15) is 17.2 Å². The average molecular weight is 417 g/mol. The van der Waals surface area contributed by atoms with Crippen LogP contribution >= 0.6 is 15.9 Å². The van der Waals surface area contributed by atoms with E-state index in [1.54, 1.807) is 25.3 Å². The van der Waals surface area contributed by atoms with E-state index in [1.165, 1.54) is 12.0 Å². The van der Waals surface area contributed by atoms with Crippen molar-refractivity contribution in [1.82, 2.24) is 10.2 Å². The molecule has 0 saturated carbocycles. The molecule has 1 saturated heterocycles. The Hall–Kier alpha value is -2.80. The zero-order valence-electron chi connectivity index (χ0n) is 14.3.